The minimum absolute atomic E-state index is 0.107. The molecular formula is C16H13ClF3N3O2. The van der Waals surface area contributed by atoms with Crippen molar-refractivity contribution >= 4 is 17.5 Å². The quantitative estimate of drug-likeness (QED) is 0.829. The Hall–Kier alpha value is -2.35. The van der Waals surface area contributed by atoms with E-state index < -0.39 is 11.9 Å². The van der Waals surface area contributed by atoms with Gasteiger partial charge in [0.05, 0.1) is 12.1 Å². The number of hydrogen-bond acceptors (Lipinski definition) is 4. The normalized spacial score (nSPS) is 17.6. The Labute approximate surface area is 146 Å². The summed E-state index contributed by atoms with van der Waals surface area (Å²) < 4.78 is 43.3. The third kappa shape index (κ3) is 4.01. The minimum atomic E-state index is -4.53. The lowest BCUT2D eigenvalue weighted by atomic mass is 10.2. The summed E-state index contributed by atoms with van der Waals surface area (Å²) >= 11 is 5.98. The summed E-state index contributed by atoms with van der Waals surface area (Å²) in [5.41, 5.74) is -0.922. The van der Waals surface area contributed by atoms with Crippen molar-refractivity contribution in [2.45, 2.75) is 18.7 Å². The van der Waals surface area contributed by atoms with E-state index in [0.717, 1.165) is 18.3 Å². The third-order valence-electron chi connectivity index (χ3n) is 3.76. The van der Waals surface area contributed by atoms with Gasteiger partial charge in [-0.3, -0.25) is 14.8 Å². The van der Waals surface area contributed by atoms with Gasteiger partial charge in [0.1, 0.15) is 22.6 Å². The monoisotopic (exact) mass is 371 g/mol. The van der Waals surface area contributed by atoms with Gasteiger partial charge in [0.15, 0.2) is 0 Å². The minimum Gasteiger partial charge on any atom is -0.487 e. The molecule has 2 aromatic heterocycles. The topological polar surface area (TPSA) is 55.3 Å². The third-order valence-corrected chi connectivity index (χ3v) is 4.05. The zero-order valence-corrected chi connectivity index (χ0v) is 13.6. The Kier molecular flexibility index (Phi) is 4.80. The maximum atomic E-state index is 12.5. The number of hydrogen-bond donors (Lipinski definition) is 0. The molecule has 1 atom stereocenters. The van der Waals surface area contributed by atoms with Crippen LogP contribution in [0.25, 0.3) is 0 Å². The first-order valence-corrected chi connectivity index (χ1v) is 7.81. The Morgan fingerprint density at radius 1 is 1.28 bits per heavy atom. The number of pyridine rings is 2. The number of alkyl halides is 3. The predicted molar refractivity (Wildman–Crippen MR) is 83.4 cm³/mol. The summed E-state index contributed by atoms with van der Waals surface area (Å²) in [4.78, 5) is 21.1. The van der Waals surface area contributed by atoms with Crippen LogP contribution in [0.1, 0.15) is 22.5 Å². The van der Waals surface area contributed by atoms with Gasteiger partial charge in [0.25, 0.3) is 5.91 Å². The first-order valence-electron chi connectivity index (χ1n) is 7.43. The van der Waals surface area contributed by atoms with E-state index in [1.165, 1.54) is 11.1 Å². The van der Waals surface area contributed by atoms with Crippen molar-refractivity contribution in [1.29, 1.82) is 0 Å². The Morgan fingerprint density at radius 3 is 2.72 bits per heavy atom. The molecule has 0 spiro atoms. The van der Waals surface area contributed by atoms with Crippen molar-refractivity contribution in [1.82, 2.24) is 14.9 Å². The number of rotatable bonds is 3. The molecule has 1 saturated heterocycles. The molecule has 3 rings (SSSR count). The summed E-state index contributed by atoms with van der Waals surface area (Å²) in [5.74, 6) is 0.0975. The molecule has 25 heavy (non-hydrogen) atoms. The van der Waals surface area contributed by atoms with Crippen LogP contribution in [0.3, 0.4) is 0 Å². The molecular weight excluding hydrogens is 359 g/mol. The lowest BCUT2D eigenvalue weighted by Crippen LogP contribution is -2.31. The Bertz CT molecular complexity index is 768. The van der Waals surface area contributed by atoms with Crippen LogP contribution in [0.15, 0.2) is 36.8 Å². The standard InChI is InChI=1S/C16H13ClF3N3O2/c17-12-8-21-5-3-13(12)25-11-4-6-23(9-11)15(24)10-1-2-14(22-7-10)16(18,19)20/h1-3,5,7-8,11H,4,6,9H2/t11-/m0/s1. The molecule has 5 nitrogen and oxygen atoms in total. The van der Waals surface area contributed by atoms with E-state index in [2.05, 4.69) is 9.97 Å². The van der Waals surface area contributed by atoms with E-state index >= 15 is 0 Å². The highest BCUT2D eigenvalue weighted by molar-refractivity contribution is 6.31. The van der Waals surface area contributed by atoms with Gasteiger partial charge in [-0.15, -0.1) is 0 Å². The van der Waals surface area contributed by atoms with Gasteiger partial charge >= 0.3 is 6.18 Å². The fraction of sp³-hybridized carbons (Fsp3) is 0.312. The molecule has 2 aromatic rings. The molecule has 0 radical (unpaired) electrons. The molecule has 0 aliphatic carbocycles. The first-order chi connectivity index (χ1) is 11.8. The molecule has 1 amide bonds. The molecule has 1 aliphatic heterocycles. The Morgan fingerprint density at radius 2 is 2.08 bits per heavy atom. The highest BCUT2D eigenvalue weighted by Crippen LogP contribution is 2.28. The molecule has 9 heteroatoms. The van der Waals surface area contributed by atoms with Crippen LogP contribution in [-0.4, -0.2) is 40.0 Å². The van der Waals surface area contributed by atoms with Crippen LogP contribution in [0.2, 0.25) is 5.02 Å². The van der Waals surface area contributed by atoms with Crippen LogP contribution in [0.5, 0.6) is 5.75 Å². The van der Waals surface area contributed by atoms with Crippen molar-refractivity contribution in [3.05, 3.63) is 53.1 Å². The number of amides is 1. The van der Waals surface area contributed by atoms with Gasteiger partial charge in [-0.05, 0) is 12.1 Å². The van der Waals surface area contributed by atoms with Crippen LogP contribution < -0.4 is 4.74 Å². The van der Waals surface area contributed by atoms with Crippen molar-refractivity contribution in [2.24, 2.45) is 0 Å². The van der Waals surface area contributed by atoms with Gasteiger partial charge in [-0.2, -0.15) is 13.2 Å². The van der Waals surface area contributed by atoms with Gasteiger partial charge in [-0.1, -0.05) is 11.6 Å². The second-order valence-electron chi connectivity index (χ2n) is 5.52. The summed E-state index contributed by atoms with van der Waals surface area (Å²) in [6, 6.07) is 3.56. The molecule has 0 aromatic carbocycles. The summed E-state index contributed by atoms with van der Waals surface area (Å²) in [6.07, 6.45) is -0.225. The number of halogens is 4. The number of aromatic nitrogens is 2. The number of nitrogens with zero attached hydrogens (tertiary/aromatic N) is 3. The maximum absolute atomic E-state index is 12.5. The van der Waals surface area contributed by atoms with Gasteiger partial charge in [0, 0.05) is 37.6 Å². The lowest BCUT2D eigenvalue weighted by Gasteiger charge is -2.18. The number of carbonyl (C=O) groups excluding carboxylic acids is 1. The highest BCUT2D eigenvalue weighted by atomic mass is 35.5. The fourth-order valence-corrected chi connectivity index (χ4v) is 2.68. The molecule has 132 valence electrons. The summed E-state index contributed by atoms with van der Waals surface area (Å²) in [7, 11) is 0. The fourth-order valence-electron chi connectivity index (χ4n) is 2.52. The van der Waals surface area contributed by atoms with Crippen LogP contribution >= 0.6 is 11.6 Å². The van der Waals surface area contributed by atoms with E-state index in [-0.39, 0.29) is 17.6 Å². The molecule has 0 saturated carbocycles. The number of ether oxygens (including phenoxy) is 1. The van der Waals surface area contributed by atoms with Crippen LogP contribution in [0, 0.1) is 0 Å². The summed E-state index contributed by atoms with van der Waals surface area (Å²) in [6.45, 7) is 0.756. The smallest absolute Gasteiger partial charge is 0.433 e. The maximum Gasteiger partial charge on any atom is 0.433 e. The van der Waals surface area contributed by atoms with Gasteiger partial charge < -0.3 is 9.64 Å². The van der Waals surface area contributed by atoms with Crippen molar-refractivity contribution in [3.8, 4) is 5.75 Å². The average Bonchev–Trinajstić information content (AvgIpc) is 3.04. The van der Waals surface area contributed by atoms with E-state index in [1.807, 2.05) is 0 Å². The summed E-state index contributed by atoms with van der Waals surface area (Å²) in [5, 5.41) is 0.374. The number of carbonyl (C=O) groups is 1. The molecule has 3 heterocycles. The molecule has 1 fully saturated rings. The van der Waals surface area contributed by atoms with Crippen molar-refractivity contribution in [2.75, 3.05) is 13.1 Å². The molecule has 0 N–H and O–H groups in total. The number of likely N-dealkylation sites (tertiary alicyclic amines) is 1. The highest BCUT2D eigenvalue weighted by Gasteiger charge is 2.33. The lowest BCUT2D eigenvalue weighted by molar-refractivity contribution is -0.141. The van der Waals surface area contributed by atoms with Crippen LogP contribution in [-0.2, 0) is 6.18 Å². The molecule has 0 bridgehead atoms. The second-order valence-corrected chi connectivity index (χ2v) is 5.92. The van der Waals surface area contributed by atoms with E-state index in [1.54, 1.807) is 12.3 Å². The van der Waals surface area contributed by atoms with Crippen LogP contribution in [0.4, 0.5) is 13.2 Å². The van der Waals surface area contributed by atoms with Gasteiger partial charge in [-0.25, -0.2) is 0 Å². The average molecular weight is 372 g/mol. The SMILES string of the molecule is O=C(c1ccc(C(F)(F)F)nc1)N1CC[C@H](Oc2ccncc2Cl)C1. The first kappa shape index (κ1) is 17.5. The second kappa shape index (κ2) is 6.87. The van der Waals surface area contributed by atoms with Gasteiger partial charge in [0.2, 0.25) is 0 Å². The zero-order valence-electron chi connectivity index (χ0n) is 12.8. The zero-order chi connectivity index (χ0) is 18.0. The van der Waals surface area contributed by atoms with E-state index in [4.69, 9.17) is 16.3 Å². The predicted octanol–water partition coefficient (Wildman–Crippen LogP) is 3.44. The Balaban J connectivity index is 1.63. The van der Waals surface area contributed by atoms with Crippen molar-refractivity contribution in [3.63, 3.8) is 0 Å². The van der Waals surface area contributed by atoms with E-state index in [0.29, 0.717) is 30.3 Å². The van der Waals surface area contributed by atoms with Crippen molar-refractivity contribution < 1.29 is 22.7 Å². The molecule has 1 aliphatic rings. The largest absolute Gasteiger partial charge is 0.487 e. The van der Waals surface area contributed by atoms with E-state index in [9.17, 15) is 18.0 Å². The molecule has 0 unspecified atom stereocenters.